The number of amides is 1. The molecule has 2 atom stereocenters. The molecule has 0 heterocycles. The standard InChI is InChI=1S/C22H23NO5/c24-11-9-23(10-12-25)21(26)19-17-13-5-1-3-7-15(13)18(20(19)22(27)28)16-8-4-2-6-14(16)17/h1-8,17-20,24-25H,9-12H2,(H,27,28). The van der Waals surface area contributed by atoms with Gasteiger partial charge in [-0.25, -0.2) is 0 Å². The first-order valence-electron chi connectivity index (χ1n) is 9.51. The lowest BCUT2D eigenvalue weighted by Crippen LogP contribution is -2.52. The van der Waals surface area contributed by atoms with E-state index in [1.165, 1.54) is 4.90 Å². The van der Waals surface area contributed by atoms with Crippen molar-refractivity contribution in [2.24, 2.45) is 11.8 Å². The third-order valence-corrected chi connectivity index (χ3v) is 6.06. The number of aliphatic hydroxyl groups is 2. The van der Waals surface area contributed by atoms with Crippen LogP contribution in [0.5, 0.6) is 0 Å². The smallest absolute Gasteiger partial charge is 0.308 e. The first kappa shape index (κ1) is 18.7. The van der Waals surface area contributed by atoms with Crippen LogP contribution in [-0.2, 0) is 9.59 Å². The molecule has 146 valence electrons. The van der Waals surface area contributed by atoms with Crippen molar-refractivity contribution in [2.45, 2.75) is 11.8 Å². The second-order valence-corrected chi connectivity index (χ2v) is 7.38. The third-order valence-electron chi connectivity index (χ3n) is 6.06. The van der Waals surface area contributed by atoms with Crippen LogP contribution in [-0.4, -0.2) is 58.4 Å². The molecule has 5 rings (SSSR count). The molecule has 0 saturated carbocycles. The second kappa shape index (κ2) is 7.37. The van der Waals surface area contributed by atoms with Crippen LogP contribution in [0, 0.1) is 11.8 Å². The molecule has 0 fully saturated rings. The van der Waals surface area contributed by atoms with Gasteiger partial charge in [-0.2, -0.15) is 0 Å². The van der Waals surface area contributed by atoms with E-state index in [0.29, 0.717) is 0 Å². The Morgan fingerprint density at radius 2 is 1.14 bits per heavy atom. The van der Waals surface area contributed by atoms with Crippen LogP contribution >= 0.6 is 0 Å². The third kappa shape index (κ3) is 2.72. The molecule has 2 aromatic rings. The van der Waals surface area contributed by atoms with Gasteiger partial charge >= 0.3 is 5.97 Å². The zero-order valence-electron chi connectivity index (χ0n) is 15.4. The van der Waals surface area contributed by atoms with Gasteiger partial charge in [0.2, 0.25) is 5.91 Å². The maximum absolute atomic E-state index is 13.4. The number of hydrogen-bond acceptors (Lipinski definition) is 4. The van der Waals surface area contributed by atoms with Crippen LogP contribution in [0.4, 0.5) is 0 Å². The van der Waals surface area contributed by atoms with Crippen molar-refractivity contribution in [1.29, 1.82) is 0 Å². The zero-order valence-corrected chi connectivity index (χ0v) is 15.4. The van der Waals surface area contributed by atoms with Crippen LogP contribution < -0.4 is 0 Å². The maximum Gasteiger partial charge on any atom is 0.308 e. The average Bonchev–Trinajstić information content (AvgIpc) is 2.72. The number of nitrogens with zero attached hydrogens (tertiary/aromatic N) is 1. The molecular weight excluding hydrogens is 358 g/mol. The number of benzene rings is 2. The lowest BCUT2D eigenvalue weighted by Gasteiger charge is -2.49. The minimum atomic E-state index is -0.995. The van der Waals surface area contributed by atoms with Gasteiger partial charge < -0.3 is 20.2 Å². The average molecular weight is 381 g/mol. The molecular formula is C22H23NO5. The quantitative estimate of drug-likeness (QED) is 0.703. The summed E-state index contributed by atoms with van der Waals surface area (Å²) in [6.45, 7) is -0.333. The first-order chi connectivity index (χ1) is 13.6. The van der Waals surface area contributed by atoms with Crippen molar-refractivity contribution in [3.63, 3.8) is 0 Å². The number of carbonyl (C=O) groups is 2. The summed E-state index contributed by atoms with van der Waals surface area (Å²) in [6.07, 6.45) is 0. The molecule has 0 saturated heterocycles. The highest BCUT2D eigenvalue weighted by Crippen LogP contribution is 2.58. The largest absolute Gasteiger partial charge is 0.481 e. The van der Waals surface area contributed by atoms with Gasteiger partial charge in [-0.15, -0.1) is 0 Å². The molecule has 2 aromatic carbocycles. The van der Waals surface area contributed by atoms with Gasteiger partial charge in [0.15, 0.2) is 0 Å². The van der Waals surface area contributed by atoms with Gasteiger partial charge in [0, 0.05) is 24.9 Å². The molecule has 2 bridgehead atoms. The maximum atomic E-state index is 13.4. The van der Waals surface area contributed by atoms with E-state index in [9.17, 15) is 24.9 Å². The number of hydrogen-bond donors (Lipinski definition) is 3. The Morgan fingerprint density at radius 1 is 0.750 bits per heavy atom. The van der Waals surface area contributed by atoms with E-state index >= 15 is 0 Å². The van der Waals surface area contributed by atoms with Crippen molar-refractivity contribution >= 4 is 11.9 Å². The van der Waals surface area contributed by atoms with Crippen LogP contribution in [0.15, 0.2) is 48.5 Å². The fourth-order valence-corrected chi connectivity index (χ4v) is 5.06. The number of aliphatic hydroxyl groups excluding tert-OH is 2. The summed E-state index contributed by atoms with van der Waals surface area (Å²) in [5.41, 5.74) is 3.93. The number of carboxylic acid groups (broad SMARTS) is 1. The molecule has 6 heteroatoms. The summed E-state index contributed by atoms with van der Waals surface area (Å²) < 4.78 is 0. The summed E-state index contributed by atoms with van der Waals surface area (Å²) in [6, 6.07) is 15.5. The highest BCUT2D eigenvalue weighted by atomic mass is 16.4. The molecule has 2 unspecified atom stereocenters. The van der Waals surface area contributed by atoms with Crippen molar-refractivity contribution in [1.82, 2.24) is 4.90 Å². The molecule has 0 radical (unpaired) electrons. The topological polar surface area (TPSA) is 98.1 Å². The lowest BCUT2D eigenvalue weighted by atomic mass is 9.54. The molecule has 3 aliphatic carbocycles. The van der Waals surface area contributed by atoms with Gasteiger partial charge in [0.05, 0.1) is 25.0 Å². The molecule has 0 spiro atoms. The summed E-state index contributed by atoms with van der Waals surface area (Å²) >= 11 is 0. The van der Waals surface area contributed by atoms with Crippen LogP contribution in [0.1, 0.15) is 34.1 Å². The van der Waals surface area contributed by atoms with Gasteiger partial charge in [-0.1, -0.05) is 48.5 Å². The summed E-state index contributed by atoms with van der Waals surface area (Å²) in [4.78, 5) is 27.2. The van der Waals surface area contributed by atoms with Crippen molar-refractivity contribution in [3.8, 4) is 0 Å². The van der Waals surface area contributed by atoms with Gasteiger partial charge in [-0.05, 0) is 22.3 Å². The van der Waals surface area contributed by atoms with E-state index < -0.39 is 23.7 Å². The number of carboxylic acids is 1. The minimum absolute atomic E-state index is 0.0723. The highest BCUT2D eigenvalue weighted by molar-refractivity contribution is 5.90. The fourth-order valence-electron chi connectivity index (χ4n) is 5.06. The van der Waals surface area contributed by atoms with Crippen molar-refractivity contribution < 1.29 is 24.9 Å². The fraction of sp³-hybridized carbons (Fsp3) is 0.364. The molecule has 1 amide bonds. The van der Waals surface area contributed by atoms with Crippen LogP contribution in [0.25, 0.3) is 0 Å². The molecule has 3 N–H and O–H groups in total. The van der Waals surface area contributed by atoms with Crippen LogP contribution in [0.2, 0.25) is 0 Å². The minimum Gasteiger partial charge on any atom is -0.481 e. The van der Waals surface area contributed by atoms with E-state index in [2.05, 4.69) is 0 Å². The number of aliphatic carboxylic acids is 1. The Kier molecular flexibility index (Phi) is 4.91. The number of carbonyl (C=O) groups excluding carboxylic acids is 1. The number of rotatable bonds is 6. The van der Waals surface area contributed by atoms with Gasteiger partial charge in [0.1, 0.15) is 0 Å². The number of fused-ring (bicyclic) bond motifs is 1. The second-order valence-electron chi connectivity index (χ2n) is 7.38. The molecule has 6 nitrogen and oxygen atoms in total. The Balaban J connectivity index is 1.90. The van der Waals surface area contributed by atoms with E-state index in [4.69, 9.17) is 0 Å². The molecule has 0 aliphatic heterocycles. The Labute approximate surface area is 163 Å². The highest BCUT2D eigenvalue weighted by Gasteiger charge is 2.55. The lowest BCUT2D eigenvalue weighted by molar-refractivity contribution is -0.153. The monoisotopic (exact) mass is 381 g/mol. The normalized spacial score (nSPS) is 24.4. The van der Waals surface area contributed by atoms with E-state index in [1.54, 1.807) is 0 Å². The first-order valence-corrected chi connectivity index (χ1v) is 9.51. The predicted octanol–water partition coefficient (Wildman–Crippen LogP) is 1.41. The van der Waals surface area contributed by atoms with Crippen LogP contribution in [0.3, 0.4) is 0 Å². The van der Waals surface area contributed by atoms with Crippen molar-refractivity contribution in [2.75, 3.05) is 26.3 Å². The predicted molar refractivity (Wildman–Crippen MR) is 102 cm³/mol. The summed E-state index contributed by atoms with van der Waals surface area (Å²) in [7, 11) is 0. The van der Waals surface area contributed by atoms with Gasteiger partial charge in [-0.3, -0.25) is 9.59 Å². The van der Waals surface area contributed by atoms with E-state index in [0.717, 1.165) is 22.3 Å². The molecule has 0 aromatic heterocycles. The Hall–Kier alpha value is -2.70. The SMILES string of the molecule is O=C(O)C1C2c3ccccc3C(c3ccccc32)C1C(=O)N(CCO)CCO. The van der Waals surface area contributed by atoms with Crippen molar-refractivity contribution in [3.05, 3.63) is 70.8 Å². The van der Waals surface area contributed by atoms with E-state index in [1.807, 2.05) is 48.5 Å². The van der Waals surface area contributed by atoms with E-state index in [-0.39, 0.29) is 38.1 Å². The Bertz CT molecular complexity index is 858. The van der Waals surface area contributed by atoms with Gasteiger partial charge in [0.25, 0.3) is 0 Å². The Morgan fingerprint density at radius 3 is 1.50 bits per heavy atom. The summed E-state index contributed by atoms with van der Waals surface area (Å²) in [5, 5.41) is 28.8. The molecule has 28 heavy (non-hydrogen) atoms. The zero-order chi connectivity index (χ0) is 19.8. The summed E-state index contributed by atoms with van der Waals surface area (Å²) in [5.74, 6) is -3.73. The molecule has 3 aliphatic rings.